The molecule has 2 aromatic rings. The maximum Gasteiger partial charge on any atom is 0.347 e. The third kappa shape index (κ3) is 4.17. The molecule has 0 amide bonds. The summed E-state index contributed by atoms with van der Waals surface area (Å²) in [6.07, 6.45) is 0. The Balaban J connectivity index is 2.35. The lowest BCUT2D eigenvalue weighted by Gasteiger charge is -2.15. The Bertz CT molecular complexity index is 746. The van der Waals surface area contributed by atoms with Gasteiger partial charge in [0.2, 0.25) is 0 Å². The smallest absolute Gasteiger partial charge is 0.347 e. The quantitative estimate of drug-likeness (QED) is 0.805. The van der Waals surface area contributed by atoms with E-state index in [1.807, 2.05) is 19.0 Å². The molecule has 8 heteroatoms. The van der Waals surface area contributed by atoms with Gasteiger partial charge in [-0.1, -0.05) is 11.6 Å². The SMILES string of the molecule is COc1cc(-c2nc(C)c(C(=O)O)s2)cc(Cl)c1OCCN(C)C. The fourth-order valence-corrected chi connectivity index (χ4v) is 3.19. The maximum atomic E-state index is 11.2. The molecule has 0 radical (unpaired) electrons. The molecular formula is C16H19ClN2O4S. The van der Waals surface area contributed by atoms with Crippen LogP contribution in [0, 0.1) is 6.92 Å². The third-order valence-corrected chi connectivity index (χ3v) is 4.73. The molecule has 1 N–H and O–H groups in total. The average molecular weight is 371 g/mol. The molecule has 0 aliphatic carbocycles. The Kier molecular flexibility index (Phi) is 6.04. The number of likely N-dealkylation sites (N-methyl/N-ethyl adjacent to an activating group) is 1. The van der Waals surface area contributed by atoms with Gasteiger partial charge >= 0.3 is 5.97 Å². The maximum absolute atomic E-state index is 11.2. The largest absolute Gasteiger partial charge is 0.493 e. The van der Waals surface area contributed by atoms with E-state index in [9.17, 15) is 4.79 Å². The van der Waals surface area contributed by atoms with Crippen molar-refractivity contribution >= 4 is 28.9 Å². The number of rotatable bonds is 7. The van der Waals surface area contributed by atoms with E-state index in [1.54, 1.807) is 19.1 Å². The Morgan fingerprint density at radius 1 is 1.42 bits per heavy atom. The topological polar surface area (TPSA) is 71.9 Å². The molecule has 1 aromatic heterocycles. The van der Waals surface area contributed by atoms with Gasteiger partial charge in [-0.25, -0.2) is 9.78 Å². The number of carbonyl (C=O) groups is 1. The molecule has 0 saturated heterocycles. The molecule has 24 heavy (non-hydrogen) atoms. The molecule has 0 atom stereocenters. The lowest BCUT2D eigenvalue weighted by molar-refractivity contribution is 0.0701. The highest BCUT2D eigenvalue weighted by Gasteiger charge is 2.18. The Hall–Kier alpha value is -1.83. The average Bonchev–Trinajstić information content (AvgIpc) is 2.90. The third-order valence-electron chi connectivity index (χ3n) is 3.25. The molecule has 0 fully saturated rings. The van der Waals surface area contributed by atoms with Crippen molar-refractivity contribution in [1.29, 1.82) is 0 Å². The number of halogens is 1. The summed E-state index contributed by atoms with van der Waals surface area (Å²) >= 11 is 7.43. The predicted octanol–water partition coefficient (Wildman–Crippen LogP) is 3.42. The molecule has 0 saturated carbocycles. The lowest BCUT2D eigenvalue weighted by atomic mass is 10.2. The molecule has 1 heterocycles. The second-order valence-electron chi connectivity index (χ2n) is 5.38. The number of hydrogen-bond acceptors (Lipinski definition) is 6. The molecule has 0 unspecified atom stereocenters. The van der Waals surface area contributed by atoms with Gasteiger partial charge in [0.25, 0.3) is 0 Å². The van der Waals surface area contributed by atoms with Gasteiger partial charge in [-0.15, -0.1) is 11.3 Å². The van der Waals surface area contributed by atoms with Crippen molar-refractivity contribution in [2.45, 2.75) is 6.92 Å². The molecule has 0 spiro atoms. The molecule has 6 nitrogen and oxygen atoms in total. The summed E-state index contributed by atoms with van der Waals surface area (Å²) in [5, 5.41) is 10.1. The number of aromatic nitrogens is 1. The van der Waals surface area contributed by atoms with Crippen molar-refractivity contribution in [2.75, 3.05) is 34.4 Å². The van der Waals surface area contributed by atoms with Gasteiger partial charge in [0.05, 0.1) is 17.8 Å². The number of methoxy groups -OCH3 is 1. The van der Waals surface area contributed by atoms with Crippen LogP contribution in [0.1, 0.15) is 15.4 Å². The van der Waals surface area contributed by atoms with Crippen molar-refractivity contribution < 1.29 is 19.4 Å². The van der Waals surface area contributed by atoms with E-state index < -0.39 is 5.97 Å². The summed E-state index contributed by atoms with van der Waals surface area (Å²) in [4.78, 5) is 17.7. The minimum atomic E-state index is -0.988. The zero-order valence-electron chi connectivity index (χ0n) is 13.9. The van der Waals surface area contributed by atoms with E-state index in [2.05, 4.69) is 4.98 Å². The molecule has 1 aromatic carbocycles. The second kappa shape index (κ2) is 7.83. The number of carboxylic acid groups (broad SMARTS) is 1. The highest BCUT2D eigenvalue weighted by atomic mass is 35.5. The summed E-state index contributed by atoms with van der Waals surface area (Å²) in [6.45, 7) is 2.89. The summed E-state index contributed by atoms with van der Waals surface area (Å²) in [5.74, 6) is -0.0320. The van der Waals surface area contributed by atoms with Crippen molar-refractivity contribution in [2.24, 2.45) is 0 Å². The highest BCUT2D eigenvalue weighted by molar-refractivity contribution is 7.17. The van der Waals surface area contributed by atoms with E-state index in [-0.39, 0.29) is 4.88 Å². The van der Waals surface area contributed by atoms with Crippen LogP contribution in [0.4, 0.5) is 0 Å². The van der Waals surface area contributed by atoms with E-state index in [1.165, 1.54) is 7.11 Å². The Labute approximate surface area is 149 Å². The summed E-state index contributed by atoms with van der Waals surface area (Å²) in [5.41, 5.74) is 1.17. The fraction of sp³-hybridized carbons (Fsp3) is 0.375. The second-order valence-corrected chi connectivity index (χ2v) is 6.79. The van der Waals surface area contributed by atoms with E-state index in [0.717, 1.165) is 17.9 Å². The number of aryl methyl sites for hydroxylation is 1. The predicted molar refractivity (Wildman–Crippen MR) is 94.9 cm³/mol. The molecule has 0 aliphatic rings. The number of ether oxygens (including phenoxy) is 2. The first-order valence-corrected chi connectivity index (χ1v) is 8.39. The van der Waals surface area contributed by atoms with E-state index >= 15 is 0 Å². The summed E-state index contributed by atoms with van der Waals surface area (Å²) in [7, 11) is 5.44. The van der Waals surface area contributed by atoms with Gasteiger partial charge in [-0.05, 0) is 33.2 Å². The Morgan fingerprint density at radius 2 is 2.12 bits per heavy atom. The number of aromatic carboxylic acids is 1. The zero-order chi connectivity index (χ0) is 17.9. The number of thiazole rings is 1. The van der Waals surface area contributed by atoms with Crippen LogP contribution in [0.5, 0.6) is 11.5 Å². The first kappa shape index (κ1) is 18.5. The van der Waals surface area contributed by atoms with Gasteiger partial charge in [-0.3, -0.25) is 0 Å². The standard InChI is InChI=1S/C16H19ClN2O4S/c1-9-14(16(20)21)24-15(18-9)10-7-11(17)13(12(8-10)22-4)23-6-5-19(2)3/h7-8H,5-6H2,1-4H3,(H,20,21). The van der Waals surface area contributed by atoms with Crippen molar-refractivity contribution in [1.82, 2.24) is 9.88 Å². The van der Waals surface area contributed by atoms with Gasteiger partial charge < -0.3 is 19.5 Å². The van der Waals surface area contributed by atoms with Crippen LogP contribution in [0.3, 0.4) is 0 Å². The van der Waals surface area contributed by atoms with Crippen LogP contribution in [-0.2, 0) is 0 Å². The first-order chi connectivity index (χ1) is 11.3. The highest BCUT2D eigenvalue weighted by Crippen LogP contribution is 2.40. The minimum absolute atomic E-state index is 0.214. The lowest BCUT2D eigenvalue weighted by Crippen LogP contribution is -2.19. The minimum Gasteiger partial charge on any atom is -0.493 e. The number of carboxylic acids is 1. The number of benzene rings is 1. The fourth-order valence-electron chi connectivity index (χ4n) is 2.03. The molecule has 130 valence electrons. The first-order valence-electron chi connectivity index (χ1n) is 7.19. The van der Waals surface area contributed by atoms with Crippen LogP contribution >= 0.6 is 22.9 Å². The molecule has 0 aliphatic heterocycles. The van der Waals surface area contributed by atoms with E-state index in [4.69, 9.17) is 26.2 Å². The van der Waals surface area contributed by atoms with Crippen molar-refractivity contribution in [3.05, 3.63) is 27.7 Å². The number of nitrogens with zero attached hydrogens (tertiary/aromatic N) is 2. The van der Waals surface area contributed by atoms with Crippen LogP contribution in [0.25, 0.3) is 10.6 Å². The van der Waals surface area contributed by atoms with Gasteiger partial charge in [0.1, 0.15) is 16.5 Å². The molecular weight excluding hydrogens is 352 g/mol. The van der Waals surface area contributed by atoms with Gasteiger partial charge in [0, 0.05) is 12.1 Å². The summed E-state index contributed by atoms with van der Waals surface area (Å²) in [6, 6.07) is 3.46. The van der Waals surface area contributed by atoms with Gasteiger partial charge in [-0.2, -0.15) is 0 Å². The van der Waals surface area contributed by atoms with Crippen LogP contribution in [-0.4, -0.2) is 55.3 Å². The summed E-state index contributed by atoms with van der Waals surface area (Å²) < 4.78 is 11.1. The van der Waals surface area contributed by atoms with Gasteiger partial charge in [0.15, 0.2) is 11.5 Å². The van der Waals surface area contributed by atoms with Crippen molar-refractivity contribution in [3.8, 4) is 22.1 Å². The molecule has 0 bridgehead atoms. The van der Waals surface area contributed by atoms with E-state index in [0.29, 0.717) is 39.4 Å². The molecule has 2 rings (SSSR count). The van der Waals surface area contributed by atoms with Crippen LogP contribution in [0.2, 0.25) is 5.02 Å². The van der Waals surface area contributed by atoms with Crippen LogP contribution < -0.4 is 9.47 Å². The number of hydrogen-bond donors (Lipinski definition) is 1. The van der Waals surface area contributed by atoms with Crippen molar-refractivity contribution in [3.63, 3.8) is 0 Å². The zero-order valence-corrected chi connectivity index (χ0v) is 15.5. The monoisotopic (exact) mass is 370 g/mol. The normalized spacial score (nSPS) is 10.9. The van der Waals surface area contributed by atoms with Crippen LogP contribution in [0.15, 0.2) is 12.1 Å². The Morgan fingerprint density at radius 3 is 2.67 bits per heavy atom.